The molecule has 1 fully saturated rings. The van der Waals surface area contributed by atoms with Crippen LogP contribution < -0.4 is 5.32 Å². The largest absolute Gasteiger partial charge is 0.313 e. The van der Waals surface area contributed by atoms with E-state index in [2.05, 4.69) is 12.2 Å². The van der Waals surface area contributed by atoms with Crippen molar-refractivity contribution in [2.45, 2.75) is 44.0 Å². The minimum absolute atomic E-state index is 0.116. The second-order valence-corrected chi connectivity index (χ2v) is 7.53. The molecule has 1 unspecified atom stereocenters. The lowest BCUT2D eigenvalue weighted by Crippen LogP contribution is -2.38. The van der Waals surface area contributed by atoms with Crippen LogP contribution in [0.25, 0.3) is 0 Å². The summed E-state index contributed by atoms with van der Waals surface area (Å²) in [4.78, 5) is 0.455. The Kier molecular flexibility index (Phi) is 4.63. The Hall–Kier alpha value is -0.870. The molecule has 0 aliphatic heterocycles. The van der Waals surface area contributed by atoms with Gasteiger partial charge in [0.1, 0.15) is 0 Å². The van der Waals surface area contributed by atoms with Crippen molar-refractivity contribution in [3.05, 3.63) is 29.8 Å². The van der Waals surface area contributed by atoms with Crippen LogP contribution in [0.5, 0.6) is 0 Å². The van der Waals surface area contributed by atoms with Gasteiger partial charge in [0.25, 0.3) is 0 Å². The number of nitrogens with one attached hydrogen (secondary N) is 1. The fourth-order valence-corrected chi connectivity index (χ4v) is 4.04. The van der Waals surface area contributed by atoms with Gasteiger partial charge in [-0.25, -0.2) is 8.42 Å². The SMILES string of the molecule is CCCNC(CS(=O)(=O)c1cccc(C)c1)C1CC1. The highest BCUT2D eigenvalue weighted by Crippen LogP contribution is 2.34. The summed E-state index contributed by atoms with van der Waals surface area (Å²) in [5.74, 6) is 0.771. The summed E-state index contributed by atoms with van der Waals surface area (Å²) in [6.07, 6.45) is 3.35. The highest BCUT2D eigenvalue weighted by atomic mass is 32.2. The van der Waals surface area contributed by atoms with Crippen molar-refractivity contribution in [1.82, 2.24) is 5.32 Å². The third-order valence-corrected chi connectivity index (χ3v) is 5.37. The van der Waals surface area contributed by atoms with E-state index in [4.69, 9.17) is 0 Å². The fraction of sp³-hybridized carbons (Fsp3) is 0.600. The minimum atomic E-state index is -3.18. The number of benzene rings is 1. The first-order valence-electron chi connectivity index (χ1n) is 7.05. The zero-order valence-corrected chi connectivity index (χ0v) is 12.5. The van der Waals surface area contributed by atoms with Gasteiger partial charge in [0.2, 0.25) is 0 Å². The molecule has 1 aliphatic carbocycles. The van der Waals surface area contributed by atoms with Crippen LogP contribution in [-0.2, 0) is 9.84 Å². The van der Waals surface area contributed by atoms with Gasteiger partial charge in [0.05, 0.1) is 10.6 Å². The van der Waals surface area contributed by atoms with Gasteiger partial charge in [-0.05, 0) is 56.3 Å². The molecule has 0 amide bonds. The van der Waals surface area contributed by atoms with Crippen molar-refractivity contribution in [2.24, 2.45) is 5.92 Å². The molecule has 4 heteroatoms. The van der Waals surface area contributed by atoms with Crippen LogP contribution in [0.4, 0.5) is 0 Å². The maximum Gasteiger partial charge on any atom is 0.179 e. The zero-order chi connectivity index (χ0) is 13.9. The standard InChI is InChI=1S/C15H23NO2S/c1-3-9-16-15(13-7-8-13)11-19(17,18)14-6-4-5-12(2)10-14/h4-6,10,13,15-16H,3,7-9,11H2,1-2H3. The van der Waals surface area contributed by atoms with Crippen molar-refractivity contribution in [2.75, 3.05) is 12.3 Å². The number of sulfone groups is 1. The van der Waals surface area contributed by atoms with Gasteiger partial charge < -0.3 is 5.32 Å². The highest BCUT2D eigenvalue weighted by molar-refractivity contribution is 7.91. The van der Waals surface area contributed by atoms with Gasteiger partial charge in [0.15, 0.2) is 9.84 Å². The maximum absolute atomic E-state index is 12.5. The van der Waals surface area contributed by atoms with E-state index >= 15 is 0 Å². The molecule has 1 saturated carbocycles. The lowest BCUT2D eigenvalue weighted by Gasteiger charge is -2.18. The van der Waals surface area contributed by atoms with Crippen LogP contribution in [0.2, 0.25) is 0 Å². The first-order valence-corrected chi connectivity index (χ1v) is 8.71. The Morgan fingerprint density at radius 1 is 1.37 bits per heavy atom. The summed E-state index contributed by atoms with van der Waals surface area (Å²) in [6.45, 7) is 4.92. The highest BCUT2D eigenvalue weighted by Gasteiger charge is 2.34. The first kappa shape index (κ1) is 14.5. The Labute approximate surface area is 116 Å². The van der Waals surface area contributed by atoms with Gasteiger partial charge >= 0.3 is 0 Å². The predicted molar refractivity (Wildman–Crippen MR) is 78.0 cm³/mol. The number of hydrogen-bond acceptors (Lipinski definition) is 3. The van der Waals surface area contributed by atoms with E-state index < -0.39 is 9.84 Å². The van der Waals surface area contributed by atoms with E-state index in [1.807, 2.05) is 19.1 Å². The average Bonchev–Trinajstić information content (AvgIpc) is 3.18. The second kappa shape index (κ2) is 6.06. The third kappa shape index (κ3) is 4.05. The van der Waals surface area contributed by atoms with Crippen LogP contribution >= 0.6 is 0 Å². The summed E-state index contributed by atoms with van der Waals surface area (Å²) < 4.78 is 24.9. The maximum atomic E-state index is 12.5. The molecule has 3 nitrogen and oxygen atoms in total. The Bertz CT molecular complexity index is 521. The summed E-state index contributed by atoms with van der Waals surface area (Å²) >= 11 is 0. The van der Waals surface area contributed by atoms with Crippen LogP contribution in [-0.4, -0.2) is 26.8 Å². The predicted octanol–water partition coefficient (Wildman–Crippen LogP) is 2.55. The molecular formula is C15H23NO2S. The van der Waals surface area contributed by atoms with Gasteiger partial charge in [-0.2, -0.15) is 0 Å². The van der Waals surface area contributed by atoms with Gasteiger partial charge in [0, 0.05) is 6.04 Å². The van der Waals surface area contributed by atoms with Crippen LogP contribution in [0.3, 0.4) is 0 Å². The normalized spacial score (nSPS) is 17.4. The lowest BCUT2D eigenvalue weighted by atomic mass is 10.2. The van der Waals surface area contributed by atoms with E-state index in [-0.39, 0.29) is 11.8 Å². The molecule has 1 atom stereocenters. The smallest absolute Gasteiger partial charge is 0.179 e. The van der Waals surface area contributed by atoms with Gasteiger partial charge in [-0.15, -0.1) is 0 Å². The summed E-state index contributed by atoms with van der Waals surface area (Å²) in [5.41, 5.74) is 0.991. The molecule has 106 valence electrons. The number of aryl methyl sites for hydroxylation is 1. The lowest BCUT2D eigenvalue weighted by molar-refractivity contribution is 0.489. The molecule has 1 aromatic carbocycles. The van der Waals surface area contributed by atoms with Gasteiger partial charge in [-0.1, -0.05) is 19.1 Å². The average molecular weight is 281 g/mol. The molecule has 0 bridgehead atoms. The van der Waals surface area contributed by atoms with Crippen molar-refractivity contribution >= 4 is 9.84 Å². The van der Waals surface area contributed by atoms with E-state index in [1.165, 1.54) is 0 Å². The monoisotopic (exact) mass is 281 g/mol. The summed E-state index contributed by atoms with van der Waals surface area (Å²) in [7, 11) is -3.18. The zero-order valence-electron chi connectivity index (χ0n) is 11.7. The molecule has 0 spiro atoms. The molecule has 0 saturated heterocycles. The topological polar surface area (TPSA) is 46.2 Å². The minimum Gasteiger partial charge on any atom is -0.313 e. The third-order valence-electron chi connectivity index (χ3n) is 3.60. The van der Waals surface area contributed by atoms with Crippen molar-refractivity contribution < 1.29 is 8.42 Å². The quantitative estimate of drug-likeness (QED) is 0.835. The Morgan fingerprint density at radius 2 is 2.11 bits per heavy atom. The van der Waals surface area contributed by atoms with Crippen molar-refractivity contribution in [1.29, 1.82) is 0 Å². The summed E-state index contributed by atoms with van der Waals surface area (Å²) in [5, 5.41) is 3.39. The number of rotatable bonds is 7. The molecule has 19 heavy (non-hydrogen) atoms. The second-order valence-electron chi connectivity index (χ2n) is 5.50. The van der Waals surface area contributed by atoms with E-state index in [9.17, 15) is 8.42 Å². The fourth-order valence-electron chi connectivity index (χ4n) is 2.33. The van der Waals surface area contributed by atoms with Gasteiger partial charge in [-0.3, -0.25) is 0 Å². The Balaban J connectivity index is 2.10. The van der Waals surface area contributed by atoms with Crippen LogP contribution in [0, 0.1) is 12.8 Å². The molecule has 1 N–H and O–H groups in total. The molecule has 0 radical (unpaired) electrons. The molecule has 0 heterocycles. The molecule has 1 aliphatic rings. The van der Waals surface area contributed by atoms with Crippen LogP contribution in [0.15, 0.2) is 29.2 Å². The molecule has 1 aromatic rings. The van der Waals surface area contributed by atoms with E-state index in [0.717, 1.165) is 31.4 Å². The first-order chi connectivity index (χ1) is 9.03. The van der Waals surface area contributed by atoms with E-state index in [1.54, 1.807) is 12.1 Å². The van der Waals surface area contributed by atoms with Crippen molar-refractivity contribution in [3.63, 3.8) is 0 Å². The van der Waals surface area contributed by atoms with Crippen LogP contribution in [0.1, 0.15) is 31.7 Å². The molecule has 2 rings (SSSR count). The number of hydrogen-bond donors (Lipinski definition) is 1. The Morgan fingerprint density at radius 3 is 2.68 bits per heavy atom. The van der Waals surface area contributed by atoms with Crippen molar-refractivity contribution in [3.8, 4) is 0 Å². The van der Waals surface area contributed by atoms with E-state index in [0.29, 0.717) is 10.8 Å². The molecule has 0 aromatic heterocycles. The molecular weight excluding hydrogens is 258 g/mol. The summed E-state index contributed by atoms with van der Waals surface area (Å²) in [6, 6.07) is 7.32.